The molecule has 0 radical (unpaired) electrons. The Labute approximate surface area is 161 Å². The van der Waals surface area contributed by atoms with E-state index in [1.807, 2.05) is 37.3 Å². The van der Waals surface area contributed by atoms with Crippen molar-refractivity contribution in [3.8, 4) is 11.5 Å². The Bertz CT molecular complexity index is 957. The second-order valence-corrected chi connectivity index (χ2v) is 6.45. The van der Waals surface area contributed by atoms with Gasteiger partial charge in [-0.1, -0.05) is 18.2 Å². The number of para-hydroxylation sites is 1. The molecular formula is C21H22O7. The largest absolute Gasteiger partial charge is 0.502 e. The van der Waals surface area contributed by atoms with E-state index >= 15 is 0 Å². The molecule has 0 amide bonds. The first-order valence-corrected chi connectivity index (χ1v) is 9.04. The molecule has 0 bridgehead atoms. The van der Waals surface area contributed by atoms with Crippen LogP contribution in [0.4, 0.5) is 0 Å². The predicted molar refractivity (Wildman–Crippen MR) is 101 cm³/mol. The Kier molecular flexibility index (Phi) is 5.84. The number of hydrogen-bond acceptors (Lipinski definition) is 7. The van der Waals surface area contributed by atoms with E-state index in [-0.39, 0.29) is 24.5 Å². The summed E-state index contributed by atoms with van der Waals surface area (Å²) < 4.78 is 16.6. The fourth-order valence-corrected chi connectivity index (χ4v) is 3.26. The Morgan fingerprint density at radius 2 is 2.07 bits per heavy atom. The van der Waals surface area contributed by atoms with Gasteiger partial charge in [-0.2, -0.15) is 0 Å². The van der Waals surface area contributed by atoms with Crippen LogP contribution in [0.25, 0.3) is 6.08 Å². The van der Waals surface area contributed by atoms with E-state index in [1.165, 1.54) is 0 Å². The number of aliphatic hydroxyl groups is 1. The number of ether oxygens (including phenoxy) is 2. The molecular weight excluding hydrogens is 364 g/mol. The number of carbonyl (C=O) groups is 1. The Balaban J connectivity index is 2.13. The quantitative estimate of drug-likeness (QED) is 0.735. The van der Waals surface area contributed by atoms with Crippen molar-refractivity contribution >= 4 is 12.0 Å². The van der Waals surface area contributed by atoms with Gasteiger partial charge in [0.25, 0.3) is 0 Å². The van der Waals surface area contributed by atoms with Gasteiger partial charge in [0, 0.05) is 11.6 Å². The zero-order valence-corrected chi connectivity index (χ0v) is 15.7. The number of carbonyl (C=O) groups excluding carboxylic acids is 1. The van der Waals surface area contributed by atoms with Gasteiger partial charge < -0.3 is 24.1 Å². The van der Waals surface area contributed by atoms with Crippen molar-refractivity contribution in [2.24, 2.45) is 0 Å². The van der Waals surface area contributed by atoms with Crippen molar-refractivity contribution < 1.29 is 28.9 Å². The molecule has 0 aliphatic carbocycles. The summed E-state index contributed by atoms with van der Waals surface area (Å²) in [5.74, 6) is -1.29. The van der Waals surface area contributed by atoms with Crippen LogP contribution in [-0.2, 0) is 16.1 Å². The van der Waals surface area contributed by atoms with Crippen LogP contribution in [0.3, 0.4) is 0 Å². The maximum Gasteiger partial charge on any atom is 0.306 e. The molecule has 2 atom stereocenters. The SMILES string of the molecule is CCOC(=O)C[C@H](C1=Cc2ccccc2O[C@H]1C)c1oc(CO)cc(=O)c1O. The number of fused-ring (bicyclic) bond motifs is 1. The van der Waals surface area contributed by atoms with E-state index in [2.05, 4.69) is 0 Å². The molecule has 0 unspecified atom stereocenters. The van der Waals surface area contributed by atoms with Crippen LogP contribution in [0.2, 0.25) is 0 Å². The smallest absolute Gasteiger partial charge is 0.306 e. The summed E-state index contributed by atoms with van der Waals surface area (Å²) >= 11 is 0. The zero-order valence-electron chi connectivity index (χ0n) is 15.7. The second kappa shape index (κ2) is 8.31. The summed E-state index contributed by atoms with van der Waals surface area (Å²) in [7, 11) is 0. The van der Waals surface area contributed by atoms with E-state index < -0.39 is 35.8 Å². The molecule has 0 fully saturated rings. The van der Waals surface area contributed by atoms with Gasteiger partial charge in [-0.15, -0.1) is 0 Å². The van der Waals surface area contributed by atoms with Gasteiger partial charge in [-0.25, -0.2) is 0 Å². The number of rotatable bonds is 6. The molecule has 0 saturated carbocycles. The maximum absolute atomic E-state index is 12.2. The first-order chi connectivity index (χ1) is 13.4. The number of aliphatic hydroxyl groups excluding tert-OH is 1. The average Bonchev–Trinajstić information content (AvgIpc) is 2.68. The summed E-state index contributed by atoms with van der Waals surface area (Å²) in [5, 5.41) is 19.7. The van der Waals surface area contributed by atoms with Gasteiger partial charge in [0.1, 0.15) is 24.2 Å². The van der Waals surface area contributed by atoms with Crippen LogP contribution in [0.15, 0.2) is 45.1 Å². The highest BCUT2D eigenvalue weighted by Crippen LogP contribution is 2.40. The molecule has 7 heteroatoms. The molecule has 2 heterocycles. The number of aromatic hydroxyl groups is 1. The van der Waals surface area contributed by atoms with Crippen molar-refractivity contribution in [3.05, 3.63) is 63.2 Å². The zero-order chi connectivity index (χ0) is 20.3. The van der Waals surface area contributed by atoms with E-state index in [4.69, 9.17) is 13.9 Å². The predicted octanol–water partition coefficient (Wildman–Crippen LogP) is 2.74. The van der Waals surface area contributed by atoms with Crippen molar-refractivity contribution in [1.29, 1.82) is 0 Å². The molecule has 1 aliphatic heterocycles. The number of esters is 1. The maximum atomic E-state index is 12.2. The molecule has 0 saturated heterocycles. The second-order valence-electron chi connectivity index (χ2n) is 6.45. The normalized spacial score (nSPS) is 16.5. The fraction of sp³-hybridized carbons (Fsp3) is 0.333. The van der Waals surface area contributed by atoms with Crippen molar-refractivity contribution in [1.82, 2.24) is 0 Å². The topological polar surface area (TPSA) is 106 Å². The van der Waals surface area contributed by atoms with Crippen LogP contribution in [0, 0.1) is 0 Å². The minimum atomic E-state index is -0.790. The van der Waals surface area contributed by atoms with Gasteiger partial charge >= 0.3 is 5.97 Å². The lowest BCUT2D eigenvalue weighted by Gasteiger charge is -2.29. The Morgan fingerprint density at radius 3 is 2.79 bits per heavy atom. The monoisotopic (exact) mass is 386 g/mol. The van der Waals surface area contributed by atoms with Gasteiger partial charge in [-0.3, -0.25) is 9.59 Å². The Morgan fingerprint density at radius 1 is 1.32 bits per heavy atom. The average molecular weight is 386 g/mol. The van der Waals surface area contributed by atoms with Crippen LogP contribution in [0.1, 0.15) is 43.3 Å². The van der Waals surface area contributed by atoms with Gasteiger partial charge in [0.05, 0.1) is 18.9 Å². The third-order valence-corrected chi connectivity index (χ3v) is 4.57. The molecule has 148 valence electrons. The van der Waals surface area contributed by atoms with Crippen LogP contribution in [0.5, 0.6) is 11.5 Å². The first-order valence-electron chi connectivity index (χ1n) is 9.04. The molecule has 2 aromatic rings. The van der Waals surface area contributed by atoms with E-state index in [0.717, 1.165) is 11.6 Å². The van der Waals surface area contributed by atoms with E-state index in [1.54, 1.807) is 6.92 Å². The van der Waals surface area contributed by atoms with Crippen LogP contribution >= 0.6 is 0 Å². The molecule has 2 N–H and O–H groups in total. The Hall–Kier alpha value is -3.06. The fourth-order valence-electron chi connectivity index (χ4n) is 3.26. The van der Waals surface area contributed by atoms with Crippen molar-refractivity contribution in [2.75, 3.05) is 6.61 Å². The first kappa shape index (κ1) is 19.7. The summed E-state index contributed by atoms with van der Waals surface area (Å²) in [4.78, 5) is 24.3. The van der Waals surface area contributed by atoms with Gasteiger partial charge in [-0.05, 0) is 31.6 Å². The summed E-state index contributed by atoms with van der Waals surface area (Å²) in [6.45, 7) is 3.19. The highest BCUT2D eigenvalue weighted by Gasteiger charge is 2.33. The standard InChI is InChI=1S/C21H22O7/c1-3-26-19(24)10-16(21-20(25)17(23)9-14(11-22)28-21)15-8-13-6-4-5-7-18(13)27-12(15)2/h4-9,12,16,22,25H,3,10-11H2,1-2H3/t12-,16+/m0/s1. The molecule has 3 rings (SSSR count). The number of benzene rings is 1. The molecule has 7 nitrogen and oxygen atoms in total. The van der Waals surface area contributed by atoms with E-state index in [9.17, 15) is 19.8 Å². The molecule has 28 heavy (non-hydrogen) atoms. The van der Waals surface area contributed by atoms with Crippen LogP contribution < -0.4 is 10.2 Å². The third-order valence-electron chi connectivity index (χ3n) is 4.57. The lowest BCUT2D eigenvalue weighted by molar-refractivity contribution is -0.143. The molecule has 1 aliphatic rings. The highest BCUT2D eigenvalue weighted by molar-refractivity contribution is 5.73. The summed E-state index contributed by atoms with van der Waals surface area (Å²) in [6.07, 6.45) is 1.27. The van der Waals surface area contributed by atoms with Crippen LogP contribution in [-0.4, -0.2) is 28.9 Å². The van der Waals surface area contributed by atoms with Crippen molar-refractivity contribution in [3.63, 3.8) is 0 Å². The lowest BCUT2D eigenvalue weighted by atomic mass is 9.86. The van der Waals surface area contributed by atoms with Gasteiger partial charge in [0.2, 0.25) is 11.2 Å². The van der Waals surface area contributed by atoms with E-state index in [0.29, 0.717) is 11.3 Å². The molecule has 1 aromatic carbocycles. The summed E-state index contributed by atoms with van der Waals surface area (Å²) in [6, 6.07) is 8.43. The minimum absolute atomic E-state index is 0.00274. The summed E-state index contributed by atoms with van der Waals surface area (Å²) in [5.41, 5.74) is 0.773. The number of hydrogen-bond donors (Lipinski definition) is 2. The third kappa shape index (κ3) is 3.94. The lowest BCUT2D eigenvalue weighted by Crippen LogP contribution is -2.26. The minimum Gasteiger partial charge on any atom is -0.502 e. The van der Waals surface area contributed by atoms with Crippen molar-refractivity contribution in [2.45, 2.75) is 38.9 Å². The molecule has 1 aromatic heterocycles. The highest BCUT2D eigenvalue weighted by atomic mass is 16.5. The van der Waals surface area contributed by atoms with Gasteiger partial charge in [0.15, 0.2) is 5.76 Å². The molecule has 0 spiro atoms.